The number of rotatable bonds is 1. The molecule has 0 aromatic carbocycles. The minimum absolute atomic E-state index is 0.311. The van der Waals surface area contributed by atoms with E-state index in [4.69, 9.17) is 9.47 Å². The monoisotopic (exact) mass is 235 g/mol. The maximum absolute atomic E-state index is 5.70. The van der Waals surface area contributed by atoms with Crippen molar-refractivity contribution in [2.45, 2.75) is 25.6 Å². The Hall–Kier alpha value is -1.20. The zero-order valence-electron chi connectivity index (χ0n) is 10.1. The highest BCUT2D eigenvalue weighted by Gasteiger charge is 2.39. The average molecular weight is 235 g/mol. The van der Waals surface area contributed by atoms with Gasteiger partial charge in [-0.1, -0.05) is 0 Å². The molecule has 0 amide bonds. The van der Waals surface area contributed by atoms with E-state index in [1.54, 1.807) is 0 Å². The van der Waals surface area contributed by atoms with Crippen LogP contribution in [0.15, 0.2) is 12.1 Å². The highest BCUT2D eigenvalue weighted by Crippen LogP contribution is 2.32. The fourth-order valence-corrected chi connectivity index (χ4v) is 2.42. The van der Waals surface area contributed by atoms with Gasteiger partial charge in [-0.15, -0.1) is 5.10 Å². The SMILES string of the molecule is Cc1ccc(N2CCC3(CC2)OCCO3)nn1. The first kappa shape index (κ1) is 10.9. The Bertz CT molecular complexity index is 377. The molecule has 3 rings (SSSR count). The third-order valence-corrected chi connectivity index (χ3v) is 3.45. The van der Waals surface area contributed by atoms with Crippen LogP contribution in [0.3, 0.4) is 0 Å². The van der Waals surface area contributed by atoms with E-state index in [1.165, 1.54) is 0 Å². The average Bonchev–Trinajstić information content (AvgIpc) is 2.80. The van der Waals surface area contributed by atoms with E-state index in [-0.39, 0.29) is 5.79 Å². The number of hydrogen-bond donors (Lipinski definition) is 0. The Morgan fingerprint density at radius 3 is 2.41 bits per heavy atom. The first-order valence-corrected chi connectivity index (χ1v) is 6.11. The minimum atomic E-state index is -0.311. The number of piperidine rings is 1. The van der Waals surface area contributed by atoms with Gasteiger partial charge in [0.05, 0.1) is 18.9 Å². The number of aryl methyl sites for hydroxylation is 1. The second-order valence-corrected chi connectivity index (χ2v) is 4.63. The summed E-state index contributed by atoms with van der Waals surface area (Å²) in [4.78, 5) is 2.24. The molecular weight excluding hydrogens is 218 g/mol. The van der Waals surface area contributed by atoms with Crippen LogP contribution in [0.4, 0.5) is 5.82 Å². The van der Waals surface area contributed by atoms with Gasteiger partial charge in [-0.25, -0.2) is 0 Å². The van der Waals surface area contributed by atoms with Crippen molar-refractivity contribution in [3.63, 3.8) is 0 Å². The van der Waals surface area contributed by atoms with Gasteiger partial charge in [-0.05, 0) is 19.1 Å². The molecular formula is C12H17N3O2. The molecule has 5 nitrogen and oxygen atoms in total. The fraction of sp³-hybridized carbons (Fsp3) is 0.667. The Labute approximate surface area is 101 Å². The largest absolute Gasteiger partial charge is 0.355 e. The molecule has 1 aromatic rings. The van der Waals surface area contributed by atoms with Crippen LogP contribution in [0, 0.1) is 6.92 Å². The lowest BCUT2D eigenvalue weighted by atomic mass is 10.0. The lowest BCUT2D eigenvalue weighted by Gasteiger charge is -2.37. The number of nitrogens with zero attached hydrogens (tertiary/aromatic N) is 3. The molecule has 2 fully saturated rings. The van der Waals surface area contributed by atoms with Crippen molar-refractivity contribution in [3.05, 3.63) is 17.8 Å². The molecule has 0 saturated carbocycles. The summed E-state index contributed by atoms with van der Waals surface area (Å²) in [6.45, 7) is 5.23. The summed E-state index contributed by atoms with van der Waals surface area (Å²) in [5.41, 5.74) is 0.949. The molecule has 17 heavy (non-hydrogen) atoms. The van der Waals surface area contributed by atoms with Crippen LogP contribution in [-0.4, -0.2) is 42.3 Å². The Morgan fingerprint density at radius 2 is 1.82 bits per heavy atom. The lowest BCUT2D eigenvalue weighted by molar-refractivity contribution is -0.169. The predicted molar refractivity (Wildman–Crippen MR) is 62.9 cm³/mol. The van der Waals surface area contributed by atoms with Crippen molar-refractivity contribution in [2.75, 3.05) is 31.2 Å². The third-order valence-electron chi connectivity index (χ3n) is 3.45. The van der Waals surface area contributed by atoms with Gasteiger partial charge >= 0.3 is 0 Å². The molecule has 0 N–H and O–H groups in total. The summed E-state index contributed by atoms with van der Waals surface area (Å²) in [5.74, 6) is 0.637. The van der Waals surface area contributed by atoms with Gasteiger partial charge < -0.3 is 14.4 Å². The predicted octanol–water partition coefficient (Wildman–Crippen LogP) is 1.13. The second kappa shape index (κ2) is 4.23. The van der Waals surface area contributed by atoms with E-state index < -0.39 is 0 Å². The van der Waals surface area contributed by atoms with Crippen LogP contribution in [0.1, 0.15) is 18.5 Å². The molecule has 3 heterocycles. The molecule has 92 valence electrons. The van der Waals surface area contributed by atoms with E-state index >= 15 is 0 Å². The molecule has 5 heteroatoms. The quantitative estimate of drug-likeness (QED) is 0.730. The summed E-state index contributed by atoms with van der Waals surface area (Å²) < 4.78 is 11.4. The summed E-state index contributed by atoms with van der Waals surface area (Å²) >= 11 is 0. The van der Waals surface area contributed by atoms with E-state index in [0.29, 0.717) is 0 Å². The molecule has 1 aromatic heterocycles. The highest BCUT2D eigenvalue weighted by molar-refractivity contribution is 5.37. The second-order valence-electron chi connectivity index (χ2n) is 4.63. The summed E-state index contributed by atoms with van der Waals surface area (Å²) in [5, 5.41) is 8.30. The van der Waals surface area contributed by atoms with Crippen molar-refractivity contribution in [2.24, 2.45) is 0 Å². The summed E-state index contributed by atoms with van der Waals surface area (Å²) in [6.07, 6.45) is 1.81. The van der Waals surface area contributed by atoms with Gasteiger partial charge in [-0.2, -0.15) is 5.10 Å². The maximum Gasteiger partial charge on any atom is 0.171 e. The molecule has 0 aliphatic carbocycles. The molecule has 2 aliphatic rings. The van der Waals surface area contributed by atoms with Gasteiger partial charge in [0.25, 0.3) is 0 Å². The van der Waals surface area contributed by atoms with Crippen LogP contribution in [0.2, 0.25) is 0 Å². The van der Waals surface area contributed by atoms with E-state index in [2.05, 4.69) is 15.1 Å². The van der Waals surface area contributed by atoms with Crippen LogP contribution in [0.25, 0.3) is 0 Å². The van der Waals surface area contributed by atoms with Crippen molar-refractivity contribution in [3.8, 4) is 0 Å². The fourth-order valence-electron chi connectivity index (χ4n) is 2.42. The van der Waals surface area contributed by atoms with E-state index in [9.17, 15) is 0 Å². The Balaban J connectivity index is 1.66. The number of ether oxygens (including phenoxy) is 2. The number of hydrogen-bond acceptors (Lipinski definition) is 5. The zero-order valence-corrected chi connectivity index (χ0v) is 10.1. The zero-order chi connectivity index (χ0) is 11.7. The standard InChI is InChI=1S/C12H17N3O2/c1-10-2-3-11(14-13-10)15-6-4-12(5-7-15)16-8-9-17-12/h2-3H,4-9H2,1H3. The normalized spacial score (nSPS) is 23.2. The molecule has 0 atom stereocenters. The van der Waals surface area contributed by atoms with Gasteiger partial charge in [-0.3, -0.25) is 0 Å². The minimum Gasteiger partial charge on any atom is -0.355 e. The van der Waals surface area contributed by atoms with Gasteiger partial charge in [0.2, 0.25) is 0 Å². The van der Waals surface area contributed by atoms with Gasteiger partial charge in [0.1, 0.15) is 0 Å². The molecule has 0 radical (unpaired) electrons. The summed E-state index contributed by atoms with van der Waals surface area (Å²) in [7, 11) is 0. The van der Waals surface area contributed by atoms with E-state index in [1.807, 2.05) is 19.1 Å². The Morgan fingerprint density at radius 1 is 1.12 bits per heavy atom. The molecule has 2 saturated heterocycles. The number of aromatic nitrogens is 2. The topological polar surface area (TPSA) is 47.5 Å². The molecule has 2 aliphatic heterocycles. The van der Waals surface area contributed by atoms with Crippen molar-refractivity contribution in [1.29, 1.82) is 0 Å². The Kier molecular flexibility index (Phi) is 2.72. The molecule has 0 bridgehead atoms. The smallest absolute Gasteiger partial charge is 0.171 e. The molecule has 1 spiro atoms. The molecule has 0 unspecified atom stereocenters. The van der Waals surface area contributed by atoms with Crippen LogP contribution >= 0.6 is 0 Å². The van der Waals surface area contributed by atoms with Crippen molar-refractivity contribution in [1.82, 2.24) is 10.2 Å². The van der Waals surface area contributed by atoms with Crippen molar-refractivity contribution < 1.29 is 9.47 Å². The van der Waals surface area contributed by atoms with Gasteiger partial charge in [0, 0.05) is 25.9 Å². The maximum atomic E-state index is 5.70. The van der Waals surface area contributed by atoms with Crippen LogP contribution < -0.4 is 4.90 Å². The summed E-state index contributed by atoms with van der Waals surface area (Å²) in [6, 6.07) is 4.02. The first-order chi connectivity index (χ1) is 8.27. The van der Waals surface area contributed by atoms with E-state index in [0.717, 1.165) is 50.7 Å². The first-order valence-electron chi connectivity index (χ1n) is 6.11. The van der Waals surface area contributed by atoms with Crippen LogP contribution in [-0.2, 0) is 9.47 Å². The highest BCUT2D eigenvalue weighted by atomic mass is 16.7. The van der Waals surface area contributed by atoms with Crippen molar-refractivity contribution >= 4 is 5.82 Å². The van der Waals surface area contributed by atoms with Crippen LogP contribution in [0.5, 0.6) is 0 Å². The van der Waals surface area contributed by atoms with Gasteiger partial charge in [0.15, 0.2) is 11.6 Å². The third kappa shape index (κ3) is 2.12. The number of anilines is 1. The lowest BCUT2D eigenvalue weighted by Crippen LogP contribution is -2.45.